The summed E-state index contributed by atoms with van der Waals surface area (Å²) in [7, 11) is 0. The molecule has 252 valence electrons. The molecule has 0 spiro atoms. The van der Waals surface area contributed by atoms with Gasteiger partial charge in [-0.2, -0.15) is 0 Å². The summed E-state index contributed by atoms with van der Waals surface area (Å²) in [6.45, 7) is 3.14. The Labute approximate surface area is 280 Å². The van der Waals surface area contributed by atoms with Crippen molar-refractivity contribution in [1.29, 1.82) is 0 Å². The molecule has 1 aliphatic rings. The second-order valence-corrected chi connectivity index (χ2v) is 12.8. The predicted octanol–water partition coefficient (Wildman–Crippen LogP) is 4.58. The summed E-state index contributed by atoms with van der Waals surface area (Å²) in [6.07, 6.45) is 6.67. The fourth-order valence-electron chi connectivity index (χ4n) is 5.61. The Bertz CT molecular complexity index is 1390. The van der Waals surface area contributed by atoms with Gasteiger partial charge in [0.15, 0.2) is 0 Å². The van der Waals surface area contributed by atoms with Crippen LogP contribution in [0, 0.1) is 0 Å². The lowest BCUT2D eigenvalue weighted by molar-refractivity contribution is -0.124. The fourth-order valence-corrected chi connectivity index (χ4v) is 6.11. The van der Waals surface area contributed by atoms with Crippen molar-refractivity contribution < 1.29 is 23.9 Å². The van der Waals surface area contributed by atoms with Gasteiger partial charge < -0.3 is 30.9 Å². The highest BCUT2D eigenvalue weighted by Crippen LogP contribution is 2.15. The number of hydrogen-bond donors (Lipinski definition) is 4. The Kier molecular flexibility index (Phi) is 14.5. The molecular formula is C35H46N6O5S. The zero-order chi connectivity index (χ0) is 33.3. The van der Waals surface area contributed by atoms with E-state index < -0.39 is 12.1 Å². The molecule has 1 saturated heterocycles. The van der Waals surface area contributed by atoms with Crippen LogP contribution in [0.15, 0.2) is 72.4 Å². The van der Waals surface area contributed by atoms with Crippen LogP contribution in [-0.4, -0.2) is 71.6 Å². The minimum atomic E-state index is -0.825. The monoisotopic (exact) mass is 662 g/mol. The van der Waals surface area contributed by atoms with Gasteiger partial charge in [-0.1, -0.05) is 60.7 Å². The molecular weight excluding hydrogens is 616 g/mol. The van der Waals surface area contributed by atoms with Crippen LogP contribution in [0.3, 0.4) is 0 Å². The third-order valence-electron chi connectivity index (χ3n) is 8.08. The lowest BCUT2D eigenvalue weighted by atomic mass is 9.95. The summed E-state index contributed by atoms with van der Waals surface area (Å²) in [4.78, 5) is 57.9. The van der Waals surface area contributed by atoms with Gasteiger partial charge in [-0.05, 0) is 62.5 Å². The van der Waals surface area contributed by atoms with Gasteiger partial charge in [0.2, 0.25) is 11.8 Å². The van der Waals surface area contributed by atoms with Gasteiger partial charge in [0.25, 0.3) is 0 Å². The quantitative estimate of drug-likeness (QED) is 0.177. The van der Waals surface area contributed by atoms with Crippen LogP contribution in [0.5, 0.6) is 0 Å². The van der Waals surface area contributed by atoms with Crippen molar-refractivity contribution in [2.45, 2.75) is 83.0 Å². The molecule has 1 aliphatic heterocycles. The number of urea groups is 1. The summed E-state index contributed by atoms with van der Waals surface area (Å²) in [5.74, 6) is -0.505. The topological polar surface area (TPSA) is 142 Å². The van der Waals surface area contributed by atoms with Crippen LogP contribution in [0.25, 0.3) is 0 Å². The van der Waals surface area contributed by atoms with E-state index in [-0.39, 0.29) is 49.5 Å². The van der Waals surface area contributed by atoms with E-state index in [4.69, 9.17) is 4.74 Å². The van der Waals surface area contributed by atoms with E-state index in [1.165, 1.54) is 18.3 Å². The number of amides is 5. The number of likely N-dealkylation sites (tertiary alicyclic amines) is 1. The molecule has 2 heterocycles. The number of thiazole rings is 1. The molecule has 1 fully saturated rings. The number of piperidine rings is 1. The molecule has 11 nitrogen and oxygen atoms in total. The van der Waals surface area contributed by atoms with Crippen LogP contribution in [0.1, 0.15) is 61.5 Å². The largest absolute Gasteiger partial charge is 0.444 e. The first-order valence-corrected chi connectivity index (χ1v) is 17.2. The third kappa shape index (κ3) is 13.1. The molecule has 3 aromatic rings. The first-order valence-electron chi connectivity index (χ1n) is 16.3. The number of aromatic nitrogens is 1. The average Bonchev–Trinajstić information content (AvgIpc) is 3.61. The van der Waals surface area contributed by atoms with Crippen molar-refractivity contribution in [3.05, 3.63) is 88.4 Å². The van der Waals surface area contributed by atoms with E-state index in [0.29, 0.717) is 38.8 Å². The Morgan fingerprint density at radius 2 is 1.45 bits per heavy atom. The SMILES string of the molecule is CC(=O)NCCC(NC(=O)N1CCCCC1)C(=O)NC(CCC(Cc1ccccc1)NC(=O)OCc1cncs1)Cc1ccccc1. The molecule has 0 radical (unpaired) electrons. The number of rotatable bonds is 16. The summed E-state index contributed by atoms with van der Waals surface area (Å²) < 4.78 is 5.47. The Hall–Kier alpha value is -4.45. The van der Waals surface area contributed by atoms with Crippen molar-refractivity contribution >= 4 is 35.3 Å². The number of ether oxygens (including phenoxy) is 1. The molecule has 47 heavy (non-hydrogen) atoms. The summed E-state index contributed by atoms with van der Waals surface area (Å²) in [6, 6.07) is 18.2. The van der Waals surface area contributed by atoms with Gasteiger partial charge in [-0.25, -0.2) is 9.59 Å². The third-order valence-corrected chi connectivity index (χ3v) is 8.83. The van der Waals surface area contributed by atoms with Crippen molar-refractivity contribution in [1.82, 2.24) is 31.2 Å². The van der Waals surface area contributed by atoms with Gasteiger partial charge in [0, 0.05) is 44.8 Å². The lowest BCUT2D eigenvalue weighted by Crippen LogP contribution is -2.54. The minimum Gasteiger partial charge on any atom is -0.444 e. The Balaban J connectivity index is 1.45. The Morgan fingerprint density at radius 3 is 2.02 bits per heavy atom. The molecule has 0 saturated carbocycles. The number of benzene rings is 2. The zero-order valence-electron chi connectivity index (χ0n) is 27.0. The maximum Gasteiger partial charge on any atom is 0.407 e. The van der Waals surface area contributed by atoms with Crippen LogP contribution in [0.4, 0.5) is 9.59 Å². The van der Waals surface area contributed by atoms with Crippen LogP contribution in [0.2, 0.25) is 0 Å². The number of nitrogens with one attached hydrogen (secondary N) is 4. The number of carbonyl (C=O) groups is 4. The lowest BCUT2D eigenvalue weighted by Gasteiger charge is -2.30. The molecule has 0 bridgehead atoms. The number of nitrogens with zero attached hydrogens (tertiary/aromatic N) is 2. The van der Waals surface area contributed by atoms with Crippen molar-refractivity contribution in [2.24, 2.45) is 0 Å². The van der Waals surface area contributed by atoms with E-state index >= 15 is 0 Å². The molecule has 4 rings (SSSR count). The van der Waals surface area contributed by atoms with Gasteiger partial charge in [-0.3, -0.25) is 14.6 Å². The normalized spacial score (nSPS) is 14.7. The van der Waals surface area contributed by atoms with Crippen LogP contribution >= 0.6 is 11.3 Å². The summed E-state index contributed by atoms with van der Waals surface area (Å²) in [5.41, 5.74) is 3.82. The van der Waals surface area contributed by atoms with Gasteiger partial charge >= 0.3 is 12.1 Å². The van der Waals surface area contributed by atoms with Gasteiger partial charge in [-0.15, -0.1) is 11.3 Å². The average molecular weight is 663 g/mol. The van der Waals surface area contributed by atoms with Crippen LogP contribution in [-0.2, 0) is 33.8 Å². The van der Waals surface area contributed by atoms with Gasteiger partial charge in [0.1, 0.15) is 12.6 Å². The smallest absolute Gasteiger partial charge is 0.407 e. The zero-order valence-corrected chi connectivity index (χ0v) is 27.8. The molecule has 1 aromatic heterocycles. The van der Waals surface area contributed by atoms with E-state index in [0.717, 1.165) is 35.3 Å². The molecule has 0 aliphatic carbocycles. The molecule has 5 amide bonds. The van der Waals surface area contributed by atoms with Crippen LogP contribution < -0.4 is 21.3 Å². The van der Waals surface area contributed by atoms with E-state index in [2.05, 4.69) is 26.3 Å². The molecule has 3 atom stereocenters. The van der Waals surface area contributed by atoms with Crippen molar-refractivity contribution in [2.75, 3.05) is 19.6 Å². The maximum atomic E-state index is 13.8. The second kappa shape index (κ2) is 19.3. The van der Waals surface area contributed by atoms with Crippen molar-refractivity contribution in [3.8, 4) is 0 Å². The minimum absolute atomic E-state index is 0.143. The van der Waals surface area contributed by atoms with Crippen molar-refractivity contribution in [3.63, 3.8) is 0 Å². The standard InChI is InChI=1S/C35H46N6O5S/c1-26(42)37-18-17-32(40-34(44)41-19-9-4-10-20-41)33(43)38-29(21-27-11-5-2-6-12-27)15-16-30(22-28-13-7-3-8-14-28)39-35(45)46-24-31-23-36-25-47-31/h2-3,5-8,11-14,23,25,29-30,32H,4,9-10,15-22,24H2,1H3,(H,37,42)(H,38,43)(H,39,45)(H,40,44). The van der Waals surface area contributed by atoms with E-state index in [1.54, 1.807) is 16.6 Å². The molecule has 2 aromatic carbocycles. The molecule has 3 unspecified atom stereocenters. The first-order chi connectivity index (χ1) is 22.9. The highest BCUT2D eigenvalue weighted by atomic mass is 32.1. The highest BCUT2D eigenvalue weighted by molar-refractivity contribution is 7.09. The second-order valence-electron chi connectivity index (χ2n) is 11.9. The van der Waals surface area contributed by atoms with E-state index in [9.17, 15) is 19.2 Å². The van der Waals surface area contributed by atoms with Gasteiger partial charge in [0.05, 0.1) is 10.4 Å². The number of hydrogen-bond acceptors (Lipinski definition) is 7. The predicted molar refractivity (Wildman–Crippen MR) is 182 cm³/mol. The highest BCUT2D eigenvalue weighted by Gasteiger charge is 2.27. The molecule has 4 N–H and O–H groups in total. The summed E-state index contributed by atoms with van der Waals surface area (Å²) >= 11 is 1.42. The number of carbonyl (C=O) groups excluding carboxylic acids is 4. The fraction of sp³-hybridized carbons (Fsp3) is 0.457. The Morgan fingerprint density at radius 1 is 0.830 bits per heavy atom. The molecule has 12 heteroatoms. The summed E-state index contributed by atoms with van der Waals surface area (Å²) in [5, 5.41) is 11.9. The number of alkyl carbamates (subject to hydrolysis) is 1. The maximum absolute atomic E-state index is 13.8. The van der Waals surface area contributed by atoms with E-state index in [1.807, 2.05) is 60.7 Å². The first kappa shape index (κ1) is 35.4.